The second-order valence-electron chi connectivity index (χ2n) is 3.19. The first-order chi connectivity index (χ1) is 6.45. The number of hydrogen-bond acceptors (Lipinski definition) is 3. The van der Waals surface area contributed by atoms with Crippen LogP contribution in [0.25, 0.3) is 0 Å². The molecule has 1 fully saturated rings. The fraction of sp³-hybridized carbons (Fsp3) is 0.667. The Morgan fingerprint density at radius 3 is 2.85 bits per heavy atom. The molecule has 2 rings (SSSR count). The molecule has 13 heavy (non-hydrogen) atoms. The molecule has 0 aliphatic carbocycles. The van der Waals surface area contributed by atoms with Crippen LogP contribution in [0.5, 0.6) is 0 Å². The molecule has 0 aromatic carbocycles. The van der Waals surface area contributed by atoms with Gasteiger partial charge in [-0.15, -0.1) is 0 Å². The second kappa shape index (κ2) is 4.67. The molecule has 1 radical (unpaired) electrons. The summed E-state index contributed by atoms with van der Waals surface area (Å²) >= 11 is 2.06. The van der Waals surface area contributed by atoms with E-state index in [1.165, 1.54) is 24.6 Å². The fourth-order valence-corrected chi connectivity index (χ4v) is 2.43. The number of rotatable bonds is 3. The van der Waals surface area contributed by atoms with E-state index in [-0.39, 0.29) is 0 Å². The molecule has 1 aliphatic heterocycles. The van der Waals surface area contributed by atoms with E-state index < -0.39 is 0 Å². The Hall–Kier alpha value is -0.480. The summed E-state index contributed by atoms with van der Waals surface area (Å²) in [7, 11) is 0. The van der Waals surface area contributed by atoms with Crippen LogP contribution >= 0.6 is 11.8 Å². The Morgan fingerprint density at radius 1 is 1.31 bits per heavy atom. The van der Waals surface area contributed by atoms with E-state index in [1.54, 1.807) is 0 Å². The molecule has 2 heterocycles. The van der Waals surface area contributed by atoms with Crippen molar-refractivity contribution in [3.63, 3.8) is 0 Å². The van der Waals surface area contributed by atoms with Crippen LogP contribution in [0.4, 0.5) is 0 Å². The minimum Gasteiger partial charge on any atom is -0.335 e. The van der Waals surface area contributed by atoms with Crippen molar-refractivity contribution < 1.29 is 0 Å². The maximum atomic E-state index is 3.90. The summed E-state index contributed by atoms with van der Waals surface area (Å²) in [4.78, 5) is 6.41. The molecule has 71 valence electrons. The lowest BCUT2D eigenvalue weighted by Crippen LogP contribution is -2.34. The van der Waals surface area contributed by atoms with Crippen LogP contribution in [0.1, 0.15) is 0 Å². The first-order valence-corrected chi connectivity index (χ1v) is 5.78. The van der Waals surface area contributed by atoms with Gasteiger partial charge in [-0.3, -0.25) is 4.90 Å². The zero-order valence-electron chi connectivity index (χ0n) is 7.65. The van der Waals surface area contributed by atoms with Gasteiger partial charge in [-0.25, -0.2) is 4.98 Å². The van der Waals surface area contributed by atoms with Crippen molar-refractivity contribution in [3.8, 4) is 0 Å². The van der Waals surface area contributed by atoms with Gasteiger partial charge in [0.25, 0.3) is 0 Å². The molecule has 1 aromatic rings. The highest BCUT2D eigenvalue weighted by Gasteiger charge is 2.09. The minimum atomic E-state index is 1.04. The van der Waals surface area contributed by atoms with Crippen molar-refractivity contribution in [3.05, 3.63) is 18.7 Å². The highest BCUT2D eigenvalue weighted by atomic mass is 32.2. The lowest BCUT2D eigenvalue weighted by atomic mass is 10.4. The van der Waals surface area contributed by atoms with Crippen molar-refractivity contribution in [2.45, 2.75) is 6.54 Å². The third-order valence-electron chi connectivity index (χ3n) is 2.28. The highest BCUT2D eigenvalue weighted by molar-refractivity contribution is 7.99. The summed E-state index contributed by atoms with van der Waals surface area (Å²) in [5.41, 5.74) is 0. The molecular weight excluding hydrogens is 182 g/mol. The average molecular weight is 196 g/mol. The second-order valence-corrected chi connectivity index (χ2v) is 4.42. The van der Waals surface area contributed by atoms with Gasteiger partial charge in [0.2, 0.25) is 0 Å². The van der Waals surface area contributed by atoms with Gasteiger partial charge in [-0.2, -0.15) is 11.8 Å². The first kappa shape index (κ1) is 9.09. The SMILES string of the molecule is [c]1cn(CCN2CCSCC2)cn1. The smallest absolute Gasteiger partial charge is 0.108 e. The van der Waals surface area contributed by atoms with Gasteiger partial charge in [0.05, 0.1) is 6.33 Å². The van der Waals surface area contributed by atoms with Crippen molar-refractivity contribution in [1.29, 1.82) is 0 Å². The van der Waals surface area contributed by atoms with E-state index in [9.17, 15) is 0 Å². The molecule has 3 nitrogen and oxygen atoms in total. The standard InChI is InChI=1S/C9H14N3S/c1-2-12(9-10-1)4-3-11-5-7-13-8-6-11/h2,9H,3-8H2. The maximum Gasteiger partial charge on any atom is 0.108 e. The van der Waals surface area contributed by atoms with E-state index in [0.29, 0.717) is 0 Å². The van der Waals surface area contributed by atoms with Crippen LogP contribution in [0.15, 0.2) is 12.5 Å². The van der Waals surface area contributed by atoms with Gasteiger partial charge in [-0.1, -0.05) is 0 Å². The number of hydrogen-bond donors (Lipinski definition) is 0. The van der Waals surface area contributed by atoms with Crippen molar-refractivity contribution in [2.24, 2.45) is 0 Å². The van der Waals surface area contributed by atoms with Gasteiger partial charge in [-0.05, 0) is 0 Å². The van der Waals surface area contributed by atoms with Gasteiger partial charge in [0, 0.05) is 43.9 Å². The molecule has 4 heteroatoms. The molecule has 0 bridgehead atoms. The molecular formula is C9H14N3S. The molecule has 1 aliphatic rings. The van der Waals surface area contributed by atoms with Crippen molar-refractivity contribution in [1.82, 2.24) is 14.5 Å². The normalized spacial score (nSPS) is 19.1. The third-order valence-corrected chi connectivity index (χ3v) is 3.22. The maximum absolute atomic E-state index is 3.90. The zero-order valence-corrected chi connectivity index (χ0v) is 8.46. The van der Waals surface area contributed by atoms with Crippen molar-refractivity contribution >= 4 is 11.8 Å². The number of imidazole rings is 1. The van der Waals surface area contributed by atoms with Crippen LogP contribution in [0, 0.1) is 6.20 Å². The first-order valence-electron chi connectivity index (χ1n) is 4.63. The van der Waals surface area contributed by atoms with Crippen molar-refractivity contribution in [2.75, 3.05) is 31.1 Å². The largest absolute Gasteiger partial charge is 0.335 e. The molecule has 1 saturated heterocycles. The number of thioether (sulfide) groups is 1. The average Bonchev–Trinajstić information content (AvgIpc) is 2.69. The molecule has 0 spiro atoms. The Bertz CT molecular complexity index is 229. The summed E-state index contributed by atoms with van der Waals surface area (Å²) in [5.74, 6) is 2.58. The minimum absolute atomic E-state index is 1.04. The van der Waals surface area contributed by atoms with E-state index in [2.05, 4.69) is 32.4 Å². The van der Waals surface area contributed by atoms with Gasteiger partial charge < -0.3 is 4.57 Å². The Labute approximate surface area is 83.1 Å². The Kier molecular flexibility index (Phi) is 3.27. The molecule has 0 N–H and O–H groups in total. The summed E-state index contributed by atoms with van der Waals surface area (Å²) in [6.45, 7) is 4.66. The summed E-state index contributed by atoms with van der Waals surface area (Å²) in [6.07, 6.45) is 6.54. The molecule has 0 unspecified atom stereocenters. The van der Waals surface area contributed by atoms with Crippen LogP contribution in [0.3, 0.4) is 0 Å². The highest BCUT2D eigenvalue weighted by Crippen LogP contribution is 2.08. The molecule has 0 amide bonds. The van der Waals surface area contributed by atoms with E-state index in [1.807, 2.05) is 12.5 Å². The third kappa shape index (κ3) is 2.74. The van der Waals surface area contributed by atoms with Crippen LogP contribution in [-0.2, 0) is 6.54 Å². The monoisotopic (exact) mass is 196 g/mol. The summed E-state index contributed by atoms with van der Waals surface area (Å²) in [5, 5.41) is 0. The van der Waals surface area contributed by atoms with Gasteiger partial charge in [0.1, 0.15) is 6.20 Å². The number of aromatic nitrogens is 2. The Balaban J connectivity index is 1.72. The molecule has 0 atom stereocenters. The lowest BCUT2D eigenvalue weighted by molar-refractivity contribution is 0.289. The van der Waals surface area contributed by atoms with E-state index in [4.69, 9.17) is 0 Å². The molecule has 1 aromatic heterocycles. The fourth-order valence-electron chi connectivity index (χ4n) is 1.45. The quantitative estimate of drug-likeness (QED) is 0.711. The summed E-state index contributed by atoms with van der Waals surface area (Å²) in [6, 6.07) is 0. The molecule has 0 saturated carbocycles. The predicted octanol–water partition coefficient (Wildman–Crippen LogP) is 0.732. The van der Waals surface area contributed by atoms with Crippen LogP contribution in [-0.4, -0.2) is 45.6 Å². The number of nitrogens with zero attached hydrogens (tertiary/aromatic N) is 3. The van der Waals surface area contributed by atoms with Gasteiger partial charge in [0.15, 0.2) is 0 Å². The van der Waals surface area contributed by atoms with E-state index >= 15 is 0 Å². The van der Waals surface area contributed by atoms with E-state index in [0.717, 1.165) is 13.1 Å². The van der Waals surface area contributed by atoms with Crippen LogP contribution in [0.2, 0.25) is 0 Å². The van der Waals surface area contributed by atoms with Gasteiger partial charge >= 0.3 is 0 Å². The van der Waals surface area contributed by atoms with Crippen LogP contribution < -0.4 is 0 Å². The zero-order chi connectivity index (χ0) is 8.93. The topological polar surface area (TPSA) is 21.1 Å². The predicted molar refractivity (Wildman–Crippen MR) is 54.8 cm³/mol. The lowest BCUT2D eigenvalue weighted by Gasteiger charge is -2.25. The Morgan fingerprint density at radius 2 is 2.15 bits per heavy atom. The summed E-state index contributed by atoms with van der Waals surface area (Å²) < 4.78 is 2.09.